The number of nitrogens with zero attached hydrogens (tertiary/aromatic N) is 4. The Kier molecular flexibility index (Phi) is 6.30. The molecule has 0 radical (unpaired) electrons. The van der Waals surface area contributed by atoms with E-state index >= 15 is 0 Å². The number of aryl methyl sites for hydroxylation is 1. The third-order valence-electron chi connectivity index (χ3n) is 5.40. The maximum Gasteiger partial charge on any atom is 0.226 e. The van der Waals surface area contributed by atoms with E-state index in [1.54, 1.807) is 0 Å². The SMILES string of the molecule is CCCN(CCC)C(=O)[C@@H]1CCCN(Cc2nc3ccccc3n2C)C1. The summed E-state index contributed by atoms with van der Waals surface area (Å²) in [6, 6.07) is 8.26. The van der Waals surface area contributed by atoms with E-state index in [-0.39, 0.29) is 5.92 Å². The molecule has 0 saturated carbocycles. The van der Waals surface area contributed by atoms with Crippen LogP contribution in [0.4, 0.5) is 0 Å². The third-order valence-corrected chi connectivity index (χ3v) is 5.40. The number of likely N-dealkylation sites (tertiary alicyclic amines) is 1. The highest BCUT2D eigenvalue weighted by molar-refractivity contribution is 5.79. The van der Waals surface area contributed by atoms with Crippen LogP contribution in [0.3, 0.4) is 0 Å². The first-order chi connectivity index (χ1) is 12.6. The van der Waals surface area contributed by atoms with Crippen LogP contribution in [-0.2, 0) is 18.4 Å². The number of fused-ring (bicyclic) bond motifs is 1. The Morgan fingerprint density at radius 1 is 1.23 bits per heavy atom. The molecule has 0 bridgehead atoms. The molecule has 1 aromatic carbocycles. The van der Waals surface area contributed by atoms with Gasteiger partial charge in [0.15, 0.2) is 0 Å². The zero-order chi connectivity index (χ0) is 18.5. The van der Waals surface area contributed by atoms with Crippen LogP contribution in [0.1, 0.15) is 45.4 Å². The van der Waals surface area contributed by atoms with E-state index in [9.17, 15) is 4.79 Å². The molecular weight excluding hydrogens is 324 g/mol. The van der Waals surface area contributed by atoms with Crippen molar-refractivity contribution in [3.05, 3.63) is 30.1 Å². The molecule has 142 valence electrons. The molecule has 0 unspecified atom stereocenters. The van der Waals surface area contributed by atoms with Gasteiger partial charge in [-0.05, 0) is 44.4 Å². The summed E-state index contributed by atoms with van der Waals surface area (Å²) < 4.78 is 2.18. The molecule has 5 heteroatoms. The molecule has 1 fully saturated rings. The second-order valence-corrected chi connectivity index (χ2v) is 7.48. The summed E-state index contributed by atoms with van der Waals surface area (Å²) >= 11 is 0. The first-order valence-corrected chi connectivity index (χ1v) is 10.1. The number of carbonyl (C=O) groups excluding carboxylic acids is 1. The number of benzene rings is 1. The summed E-state index contributed by atoms with van der Waals surface area (Å²) in [7, 11) is 2.08. The number of hydrogen-bond donors (Lipinski definition) is 0. The zero-order valence-electron chi connectivity index (χ0n) is 16.4. The van der Waals surface area contributed by atoms with Gasteiger partial charge in [0.25, 0.3) is 0 Å². The van der Waals surface area contributed by atoms with Gasteiger partial charge >= 0.3 is 0 Å². The summed E-state index contributed by atoms with van der Waals surface area (Å²) in [6.45, 7) is 8.78. The number of para-hydroxylation sites is 2. The van der Waals surface area contributed by atoms with Crippen LogP contribution in [-0.4, -0.2) is 51.4 Å². The summed E-state index contributed by atoms with van der Waals surface area (Å²) in [5, 5.41) is 0. The van der Waals surface area contributed by atoms with Gasteiger partial charge in [0.1, 0.15) is 5.82 Å². The van der Waals surface area contributed by atoms with E-state index < -0.39 is 0 Å². The topological polar surface area (TPSA) is 41.4 Å². The normalized spacial score (nSPS) is 18.3. The lowest BCUT2D eigenvalue weighted by Crippen LogP contribution is -2.45. The van der Waals surface area contributed by atoms with Gasteiger partial charge in [-0.1, -0.05) is 26.0 Å². The van der Waals surface area contributed by atoms with Gasteiger partial charge < -0.3 is 9.47 Å². The largest absolute Gasteiger partial charge is 0.342 e. The summed E-state index contributed by atoms with van der Waals surface area (Å²) in [4.78, 5) is 22.2. The third kappa shape index (κ3) is 4.09. The Bertz CT molecular complexity index is 733. The molecule has 1 aromatic heterocycles. The number of piperidine rings is 1. The molecule has 2 heterocycles. The second kappa shape index (κ2) is 8.67. The monoisotopic (exact) mass is 356 g/mol. The maximum atomic E-state index is 13.0. The van der Waals surface area contributed by atoms with E-state index in [4.69, 9.17) is 4.98 Å². The first kappa shape index (κ1) is 18.9. The molecular formula is C21H32N4O. The van der Waals surface area contributed by atoms with Gasteiger partial charge in [-0.15, -0.1) is 0 Å². The van der Waals surface area contributed by atoms with Gasteiger partial charge in [0.05, 0.1) is 23.5 Å². The Morgan fingerprint density at radius 3 is 2.65 bits per heavy atom. The molecule has 3 rings (SSSR count). The fourth-order valence-corrected chi connectivity index (χ4v) is 4.07. The molecule has 1 aliphatic heterocycles. The van der Waals surface area contributed by atoms with Crippen molar-refractivity contribution in [3.63, 3.8) is 0 Å². The molecule has 2 aromatic rings. The van der Waals surface area contributed by atoms with E-state index in [0.29, 0.717) is 5.91 Å². The van der Waals surface area contributed by atoms with Crippen LogP contribution in [0.2, 0.25) is 0 Å². The number of aromatic nitrogens is 2. The molecule has 26 heavy (non-hydrogen) atoms. The van der Waals surface area contributed by atoms with Crippen LogP contribution in [0.25, 0.3) is 11.0 Å². The van der Waals surface area contributed by atoms with E-state index in [2.05, 4.69) is 53.5 Å². The van der Waals surface area contributed by atoms with Crippen molar-refractivity contribution in [1.82, 2.24) is 19.4 Å². The Balaban J connectivity index is 1.67. The van der Waals surface area contributed by atoms with Gasteiger partial charge in [0.2, 0.25) is 5.91 Å². The lowest BCUT2D eigenvalue weighted by Gasteiger charge is -2.34. The van der Waals surface area contributed by atoms with Crippen molar-refractivity contribution in [2.75, 3.05) is 26.2 Å². The smallest absolute Gasteiger partial charge is 0.226 e. The molecule has 0 spiro atoms. The fraction of sp³-hybridized carbons (Fsp3) is 0.619. The Morgan fingerprint density at radius 2 is 1.96 bits per heavy atom. The van der Waals surface area contributed by atoms with Crippen LogP contribution in [0.5, 0.6) is 0 Å². The highest BCUT2D eigenvalue weighted by Crippen LogP contribution is 2.22. The summed E-state index contributed by atoms with van der Waals surface area (Å²) in [6.07, 6.45) is 4.16. The van der Waals surface area contributed by atoms with Crippen LogP contribution < -0.4 is 0 Å². The van der Waals surface area contributed by atoms with Gasteiger partial charge in [0, 0.05) is 26.7 Å². The van der Waals surface area contributed by atoms with Gasteiger partial charge in [-0.2, -0.15) is 0 Å². The summed E-state index contributed by atoms with van der Waals surface area (Å²) in [5.74, 6) is 1.57. The van der Waals surface area contributed by atoms with Crippen LogP contribution >= 0.6 is 0 Å². The average Bonchev–Trinajstić information content (AvgIpc) is 2.97. The van der Waals surface area contributed by atoms with E-state index in [0.717, 1.165) is 69.7 Å². The Hall–Kier alpha value is -1.88. The Labute approximate surface area is 157 Å². The van der Waals surface area contributed by atoms with Crippen molar-refractivity contribution in [3.8, 4) is 0 Å². The fourth-order valence-electron chi connectivity index (χ4n) is 4.07. The van der Waals surface area contributed by atoms with Crippen molar-refractivity contribution in [2.24, 2.45) is 13.0 Å². The predicted octanol–water partition coefficient (Wildman–Crippen LogP) is 3.43. The van der Waals surface area contributed by atoms with Crippen molar-refractivity contribution in [1.29, 1.82) is 0 Å². The number of rotatable bonds is 7. The number of hydrogen-bond acceptors (Lipinski definition) is 3. The lowest BCUT2D eigenvalue weighted by atomic mass is 9.96. The minimum Gasteiger partial charge on any atom is -0.342 e. The standard InChI is InChI=1S/C21H32N4O/c1-4-12-25(13-5-2)21(26)17-9-8-14-24(15-17)16-20-22-18-10-6-7-11-19(18)23(20)3/h6-7,10-11,17H,4-5,8-9,12-16H2,1-3H3/t17-/m1/s1. The van der Waals surface area contributed by atoms with Crippen molar-refractivity contribution < 1.29 is 4.79 Å². The first-order valence-electron chi connectivity index (χ1n) is 10.1. The molecule has 5 nitrogen and oxygen atoms in total. The highest BCUT2D eigenvalue weighted by atomic mass is 16.2. The average molecular weight is 357 g/mol. The molecule has 0 N–H and O–H groups in total. The lowest BCUT2D eigenvalue weighted by molar-refractivity contribution is -0.137. The number of imidazole rings is 1. The second-order valence-electron chi connectivity index (χ2n) is 7.48. The summed E-state index contributed by atoms with van der Waals surface area (Å²) in [5.41, 5.74) is 2.22. The maximum absolute atomic E-state index is 13.0. The van der Waals surface area contributed by atoms with E-state index in [1.165, 1.54) is 5.52 Å². The van der Waals surface area contributed by atoms with Crippen molar-refractivity contribution >= 4 is 16.9 Å². The predicted molar refractivity (Wildman–Crippen MR) is 106 cm³/mol. The van der Waals surface area contributed by atoms with Crippen LogP contribution in [0, 0.1) is 5.92 Å². The van der Waals surface area contributed by atoms with Gasteiger partial charge in [-0.25, -0.2) is 4.98 Å². The molecule has 1 atom stereocenters. The minimum absolute atomic E-state index is 0.136. The number of carbonyl (C=O) groups is 1. The quantitative estimate of drug-likeness (QED) is 0.763. The van der Waals surface area contributed by atoms with Gasteiger partial charge in [-0.3, -0.25) is 9.69 Å². The molecule has 0 aliphatic carbocycles. The number of amides is 1. The molecule has 1 aliphatic rings. The van der Waals surface area contributed by atoms with E-state index in [1.807, 2.05) is 6.07 Å². The van der Waals surface area contributed by atoms with Crippen LogP contribution in [0.15, 0.2) is 24.3 Å². The van der Waals surface area contributed by atoms with Crippen molar-refractivity contribution in [2.45, 2.75) is 46.1 Å². The minimum atomic E-state index is 0.136. The molecule has 1 saturated heterocycles. The highest BCUT2D eigenvalue weighted by Gasteiger charge is 2.29. The zero-order valence-corrected chi connectivity index (χ0v) is 16.4. The molecule has 1 amide bonds.